The molecule has 0 saturated carbocycles. The van der Waals surface area contributed by atoms with Crippen molar-refractivity contribution < 1.29 is 22.0 Å². The molecule has 32 heavy (non-hydrogen) atoms. The Kier molecular flexibility index (Phi) is 9.39. The molecule has 0 spiro atoms. The van der Waals surface area contributed by atoms with Crippen LogP contribution in [0.2, 0.25) is 0 Å². The molecule has 1 N–H and O–H groups in total. The molecule has 0 aliphatic carbocycles. The summed E-state index contributed by atoms with van der Waals surface area (Å²) in [4.78, 5) is 18.6. The van der Waals surface area contributed by atoms with Crippen molar-refractivity contribution in [1.29, 1.82) is 0 Å². The van der Waals surface area contributed by atoms with Gasteiger partial charge in [-0.05, 0) is 30.9 Å². The minimum Gasteiger partial charge on any atom is -0.441 e. The Labute approximate surface area is 190 Å². The maximum atomic E-state index is 14.0. The van der Waals surface area contributed by atoms with Crippen molar-refractivity contribution in [1.82, 2.24) is 15.2 Å². The highest BCUT2D eigenvalue weighted by atomic mass is 32.2. The van der Waals surface area contributed by atoms with Crippen LogP contribution in [0.5, 0.6) is 0 Å². The summed E-state index contributed by atoms with van der Waals surface area (Å²) >= 11 is 0. The van der Waals surface area contributed by atoms with Crippen LogP contribution < -0.4 is 5.32 Å². The lowest BCUT2D eigenvalue weighted by Crippen LogP contribution is -2.40. The average molecular weight is 468 g/mol. The third-order valence-corrected chi connectivity index (χ3v) is 6.12. The second-order valence-electron chi connectivity index (χ2n) is 8.93. The Morgan fingerprint density at radius 3 is 2.38 bits per heavy atom. The van der Waals surface area contributed by atoms with Gasteiger partial charge in [0.25, 0.3) is 0 Å². The smallest absolute Gasteiger partial charge is 0.235 e. The topological polar surface area (TPSA) is 92.5 Å². The van der Waals surface area contributed by atoms with Crippen LogP contribution in [0.25, 0.3) is 11.5 Å². The fourth-order valence-electron chi connectivity index (χ4n) is 3.47. The highest BCUT2D eigenvalue weighted by molar-refractivity contribution is 7.91. The van der Waals surface area contributed by atoms with Crippen LogP contribution in [0.3, 0.4) is 0 Å². The highest BCUT2D eigenvalue weighted by Gasteiger charge is 2.23. The number of carbonyl (C=O) groups is 1. The number of nitrogens with one attached hydrogen (secondary N) is 1. The van der Waals surface area contributed by atoms with Crippen LogP contribution in [0.1, 0.15) is 39.1 Å². The summed E-state index contributed by atoms with van der Waals surface area (Å²) in [6.45, 7) is 13.0. The van der Waals surface area contributed by atoms with Gasteiger partial charge in [0.05, 0.1) is 17.0 Å². The van der Waals surface area contributed by atoms with E-state index in [1.807, 2.05) is 0 Å². The minimum atomic E-state index is -3.77. The van der Waals surface area contributed by atoms with E-state index in [1.165, 1.54) is 12.1 Å². The van der Waals surface area contributed by atoms with Gasteiger partial charge in [0.2, 0.25) is 11.8 Å². The van der Waals surface area contributed by atoms with E-state index in [4.69, 9.17) is 4.42 Å². The van der Waals surface area contributed by atoms with Gasteiger partial charge in [-0.25, -0.2) is 17.8 Å². The zero-order chi connectivity index (χ0) is 23.9. The van der Waals surface area contributed by atoms with Crippen molar-refractivity contribution in [2.75, 3.05) is 31.9 Å². The second kappa shape index (κ2) is 11.6. The number of sulfone groups is 1. The summed E-state index contributed by atoms with van der Waals surface area (Å²) in [6, 6.07) is 5.97. The van der Waals surface area contributed by atoms with Crippen molar-refractivity contribution in [3.05, 3.63) is 41.5 Å². The number of hydrogen-bond acceptors (Lipinski definition) is 6. The van der Waals surface area contributed by atoms with Gasteiger partial charge in [0.15, 0.2) is 9.84 Å². The van der Waals surface area contributed by atoms with Gasteiger partial charge in [0, 0.05) is 26.2 Å². The molecule has 0 bridgehead atoms. The zero-order valence-corrected chi connectivity index (χ0v) is 20.3. The summed E-state index contributed by atoms with van der Waals surface area (Å²) in [5, 5.41) is 2.70. The number of aromatic nitrogens is 1. The van der Waals surface area contributed by atoms with E-state index in [-0.39, 0.29) is 22.9 Å². The Morgan fingerprint density at radius 1 is 1.16 bits per heavy atom. The lowest BCUT2D eigenvalue weighted by Gasteiger charge is -2.26. The highest BCUT2D eigenvalue weighted by Crippen LogP contribution is 2.25. The number of halogens is 1. The van der Waals surface area contributed by atoms with Gasteiger partial charge in [-0.15, -0.1) is 0 Å². The van der Waals surface area contributed by atoms with Crippen LogP contribution in [-0.4, -0.2) is 56.1 Å². The number of aryl methyl sites for hydroxylation is 1. The molecule has 2 rings (SSSR count). The zero-order valence-electron chi connectivity index (χ0n) is 19.5. The maximum Gasteiger partial charge on any atom is 0.235 e. The molecule has 1 heterocycles. The van der Waals surface area contributed by atoms with Crippen molar-refractivity contribution in [2.24, 2.45) is 11.8 Å². The quantitative estimate of drug-likeness (QED) is 0.514. The van der Waals surface area contributed by atoms with Gasteiger partial charge >= 0.3 is 0 Å². The van der Waals surface area contributed by atoms with Crippen molar-refractivity contribution in [3.63, 3.8) is 0 Å². The molecular formula is C23H34FN3O4S. The molecule has 7 nitrogen and oxygen atoms in total. The number of oxazole rings is 1. The van der Waals surface area contributed by atoms with Gasteiger partial charge in [-0.2, -0.15) is 0 Å². The lowest BCUT2D eigenvalue weighted by atomic mass is 10.1. The van der Waals surface area contributed by atoms with E-state index in [9.17, 15) is 17.6 Å². The van der Waals surface area contributed by atoms with E-state index in [1.54, 1.807) is 19.1 Å². The van der Waals surface area contributed by atoms with E-state index >= 15 is 0 Å². The Balaban J connectivity index is 1.93. The third kappa shape index (κ3) is 8.35. The number of carbonyl (C=O) groups excluding carboxylic acids is 1. The Hall–Kier alpha value is -2.26. The third-order valence-electron chi connectivity index (χ3n) is 4.70. The normalized spacial score (nSPS) is 12.2. The number of benzene rings is 1. The van der Waals surface area contributed by atoms with Crippen molar-refractivity contribution >= 4 is 15.7 Å². The summed E-state index contributed by atoms with van der Waals surface area (Å²) in [7, 11) is -3.77. The van der Waals surface area contributed by atoms with Crippen LogP contribution in [0.4, 0.5) is 4.39 Å². The van der Waals surface area contributed by atoms with Crippen LogP contribution in [-0.2, 0) is 20.4 Å². The maximum absolute atomic E-state index is 14.0. The first-order chi connectivity index (χ1) is 15.0. The molecule has 178 valence electrons. The van der Waals surface area contributed by atoms with Crippen molar-refractivity contribution in [3.8, 4) is 11.5 Å². The van der Waals surface area contributed by atoms with E-state index in [2.05, 4.69) is 42.9 Å². The summed E-state index contributed by atoms with van der Waals surface area (Å²) in [6.07, 6.45) is 0. The molecule has 0 atom stereocenters. The lowest BCUT2D eigenvalue weighted by molar-refractivity contribution is -0.118. The average Bonchev–Trinajstić information content (AvgIpc) is 3.00. The molecule has 1 aromatic heterocycles. The predicted molar refractivity (Wildman–Crippen MR) is 123 cm³/mol. The molecule has 1 aromatic carbocycles. The van der Waals surface area contributed by atoms with Gasteiger partial charge < -0.3 is 14.6 Å². The Morgan fingerprint density at radius 2 is 1.78 bits per heavy atom. The summed E-state index contributed by atoms with van der Waals surface area (Å²) < 4.78 is 44.5. The molecule has 0 aliphatic heterocycles. The fraction of sp³-hybridized carbons (Fsp3) is 0.565. The molecule has 0 unspecified atom stereocenters. The first kappa shape index (κ1) is 26.0. The summed E-state index contributed by atoms with van der Waals surface area (Å²) in [5.74, 6) is -0.828. The monoisotopic (exact) mass is 467 g/mol. The molecule has 1 amide bonds. The standard InChI is InChI=1S/C23H34FN3O4S/c1-16(2)12-27(13-17(3)4)11-10-25-22(28)15-32(29,30)14-21-18(5)31-23(26-21)19-8-6-7-9-20(19)24/h6-9,16-17H,10-15H2,1-5H3,(H,25,28). The van der Waals surface area contributed by atoms with Gasteiger partial charge in [0.1, 0.15) is 17.3 Å². The molecule has 9 heteroatoms. The molecule has 0 aliphatic rings. The van der Waals surface area contributed by atoms with Gasteiger partial charge in [-0.3, -0.25) is 4.79 Å². The van der Waals surface area contributed by atoms with Crippen LogP contribution >= 0.6 is 0 Å². The Bertz CT molecular complexity index is 992. The predicted octanol–water partition coefficient (Wildman–Crippen LogP) is 3.43. The molecule has 0 fully saturated rings. The second-order valence-corrected chi connectivity index (χ2v) is 11.0. The molecule has 0 radical (unpaired) electrons. The minimum absolute atomic E-state index is 0.0191. The molecular weight excluding hydrogens is 433 g/mol. The number of amides is 1. The van der Waals surface area contributed by atoms with Crippen LogP contribution in [0.15, 0.2) is 28.7 Å². The molecule has 2 aromatic rings. The van der Waals surface area contributed by atoms with E-state index in [0.29, 0.717) is 24.9 Å². The first-order valence-corrected chi connectivity index (χ1v) is 12.7. The van der Waals surface area contributed by atoms with E-state index < -0.39 is 33.1 Å². The number of rotatable bonds is 12. The first-order valence-electron chi connectivity index (χ1n) is 10.9. The van der Waals surface area contributed by atoms with Crippen LogP contribution in [0, 0.1) is 24.6 Å². The summed E-state index contributed by atoms with van der Waals surface area (Å²) in [5.41, 5.74) is 0.334. The van der Waals surface area contributed by atoms with E-state index in [0.717, 1.165) is 13.1 Å². The largest absolute Gasteiger partial charge is 0.441 e. The van der Waals surface area contributed by atoms with Crippen molar-refractivity contribution in [2.45, 2.75) is 40.4 Å². The number of nitrogens with zero attached hydrogens (tertiary/aromatic N) is 2. The van der Waals surface area contributed by atoms with Gasteiger partial charge in [-0.1, -0.05) is 39.8 Å². The molecule has 0 saturated heterocycles. The fourth-order valence-corrected chi connectivity index (χ4v) is 4.75. The SMILES string of the molecule is Cc1oc(-c2ccccc2F)nc1CS(=O)(=O)CC(=O)NCCN(CC(C)C)CC(C)C. The number of hydrogen-bond donors (Lipinski definition) is 1.